The van der Waals surface area contributed by atoms with Gasteiger partial charge < -0.3 is 14.7 Å². The maximum Gasteiger partial charge on any atom is 0.308 e. The van der Waals surface area contributed by atoms with Crippen molar-refractivity contribution >= 4 is 11.9 Å². The maximum atomic E-state index is 11.9. The van der Waals surface area contributed by atoms with E-state index in [0.717, 1.165) is 6.42 Å². The van der Waals surface area contributed by atoms with Crippen LogP contribution < -0.4 is 4.74 Å². The monoisotopic (exact) mass is 263 g/mol. The molecule has 2 rings (SSSR count). The average molecular weight is 263 g/mol. The Morgan fingerprint density at radius 3 is 2.74 bits per heavy atom. The summed E-state index contributed by atoms with van der Waals surface area (Å²) in [6.07, 6.45) is 1.37. The lowest BCUT2D eigenvalue weighted by Crippen LogP contribution is -2.44. The second-order valence-corrected chi connectivity index (χ2v) is 4.62. The highest BCUT2D eigenvalue weighted by atomic mass is 16.5. The van der Waals surface area contributed by atoms with E-state index in [4.69, 9.17) is 9.84 Å². The molecular weight excluding hydrogens is 246 g/mol. The molecule has 19 heavy (non-hydrogen) atoms. The van der Waals surface area contributed by atoms with Crippen molar-refractivity contribution in [1.29, 1.82) is 0 Å². The number of hydrogen-bond acceptors (Lipinski definition) is 3. The minimum Gasteiger partial charge on any atom is -0.484 e. The summed E-state index contributed by atoms with van der Waals surface area (Å²) in [5.41, 5.74) is 0. The molecule has 0 aliphatic carbocycles. The van der Waals surface area contributed by atoms with Crippen LogP contribution in [0.3, 0.4) is 0 Å². The Kier molecular flexibility index (Phi) is 4.39. The van der Waals surface area contributed by atoms with Crippen molar-refractivity contribution < 1.29 is 19.4 Å². The van der Waals surface area contributed by atoms with Crippen molar-refractivity contribution in [2.24, 2.45) is 5.92 Å². The first kappa shape index (κ1) is 13.4. The number of piperidine rings is 1. The van der Waals surface area contributed by atoms with Crippen LogP contribution in [0.15, 0.2) is 30.3 Å². The molecule has 1 heterocycles. The first-order valence-corrected chi connectivity index (χ1v) is 6.35. The standard InChI is InChI=1S/C14H17NO4/c16-13(10-19-12-6-2-1-3-7-12)15-8-4-5-11(9-15)14(17)18/h1-3,6-7,11H,4-5,8-10H2,(H,17,18)/t11-/m1/s1. The Morgan fingerprint density at radius 1 is 1.32 bits per heavy atom. The number of amides is 1. The number of para-hydroxylation sites is 1. The molecule has 0 spiro atoms. The molecule has 102 valence electrons. The Labute approximate surface area is 111 Å². The fraction of sp³-hybridized carbons (Fsp3) is 0.429. The molecule has 0 aromatic heterocycles. The van der Waals surface area contributed by atoms with Crippen LogP contribution in [0.25, 0.3) is 0 Å². The lowest BCUT2D eigenvalue weighted by atomic mass is 9.98. The molecular formula is C14H17NO4. The largest absolute Gasteiger partial charge is 0.484 e. The number of carbonyl (C=O) groups is 2. The summed E-state index contributed by atoms with van der Waals surface area (Å²) < 4.78 is 5.38. The fourth-order valence-corrected chi connectivity index (χ4v) is 2.16. The van der Waals surface area contributed by atoms with Crippen molar-refractivity contribution in [2.75, 3.05) is 19.7 Å². The Hall–Kier alpha value is -2.04. The highest BCUT2D eigenvalue weighted by Crippen LogP contribution is 2.17. The van der Waals surface area contributed by atoms with Crippen LogP contribution in [0.5, 0.6) is 5.75 Å². The van der Waals surface area contributed by atoms with Gasteiger partial charge in [0.15, 0.2) is 6.61 Å². The summed E-state index contributed by atoms with van der Waals surface area (Å²) in [5, 5.41) is 8.98. The van der Waals surface area contributed by atoms with Gasteiger partial charge in [-0.3, -0.25) is 9.59 Å². The zero-order valence-electron chi connectivity index (χ0n) is 10.6. The zero-order valence-corrected chi connectivity index (χ0v) is 10.6. The molecule has 1 amide bonds. The van der Waals surface area contributed by atoms with Crippen LogP contribution in [-0.2, 0) is 9.59 Å². The second kappa shape index (κ2) is 6.22. The van der Waals surface area contributed by atoms with E-state index in [0.29, 0.717) is 18.7 Å². The van der Waals surface area contributed by atoms with Crippen LogP contribution in [0.1, 0.15) is 12.8 Å². The summed E-state index contributed by atoms with van der Waals surface area (Å²) >= 11 is 0. The third-order valence-corrected chi connectivity index (χ3v) is 3.23. The van der Waals surface area contributed by atoms with Gasteiger partial charge in [0, 0.05) is 13.1 Å². The Bertz CT molecular complexity index is 446. The zero-order chi connectivity index (χ0) is 13.7. The van der Waals surface area contributed by atoms with E-state index < -0.39 is 11.9 Å². The lowest BCUT2D eigenvalue weighted by molar-refractivity contribution is -0.146. The molecule has 1 fully saturated rings. The maximum absolute atomic E-state index is 11.9. The van der Waals surface area contributed by atoms with Crippen molar-refractivity contribution in [2.45, 2.75) is 12.8 Å². The smallest absolute Gasteiger partial charge is 0.308 e. The Morgan fingerprint density at radius 2 is 2.05 bits per heavy atom. The summed E-state index contributed by atoms with van der Waals surface area (Å²) in [7, 11) is 0. The second-order valence-electron chi connectivity index (χ2n) is 4.62. The highest BCUT2D eigenvalue weighted by Gasteiger charge is 2.28. The van der Waals surface area contributed by atoms with E-state index in [1.807, 2.05) is 18.2 Å². The summed E-state index contributed by atoms with van der Waals surface area (Å²) in [6, 6.07) is 9.10. The van der Waals surface area contributed by atoms with Gasteiger partial charge in [0.05, 0.1) is 5.92 Å². The van der Waals surface area contributed by atoms with Gasteiger partial charge in [0.25, 0.3) is 5.91 Å². The molecule has 0 bridgehead atoms. The summed E-state index contributed by atoms with van der Waals surface area (Å²) in [6.45, 7) is 0.851. The van der Waals surface area contributed by atoms with E-state index in [2.05, 4.69) is 0 Å². The molecule has 5 heteroatoms. The van der Waals surface area contributed by atoms with Crippen LogP contribution in [-0.4, -0.2) is 41.6 Å². The highest BCUT2D eigenvalue weighted by molar-refractivity contribution is 5.79. The average Bonchev–Trinajstić information content (AvgIpc) is 2.46. The SMILES string of the molecule is O=C(O)[C@@H]1CCCN(C(=O)COc2ccccc2)C1. The van der Waals surface area contributed by atoms with Gasteiger partial charge in [-0.25, -0.2) is 0 Å². The number of likely N-dealkylation sites (tertiary alicyclic amines) is 1. The normalized spacial score (nSPS) is 18.9. The number of ether oxygens (including phenoxy) is 1. The van der Waals surface area contributed by atoms with Gasteiger partial charge in [-0.15, -0.1) is 0 Å². The Balaban J connectivity index is 1.84. The molecule has 0 saturated carbocycles. The van der Waals surface area contributed by atoms with Crippen molar-refractivity contribution in [3.63, 3.8) is 0 Å². The molecule has 1 aliphatic heterocycles. The van der Waals surface area contributed by atoms with Gasteiger partial charge in [-0.1, -0.05) is 18.2 Å². The predicted octanol–water partition coefficient (Wildman–Crippen LogP) is 1.39. The molecule has 1 aromatic rings. The van der Waals surface area contributed by atoms with Gasteiger partial charge in [-0.05, 0) is 25.0 Å². The number of aliphatic carboxylic acids is 1. The first-order valence-electron chi connectivity index (χ1n) is 6.35. The molecule has 1 N–H and O–H groups in total. The van der Waals surface area contributed by atoms with Crippen molar-refractivity contribution in [3.8, 4) is 5.75 Å². The van der Waals surface area contributed by atoms with E-state index in [1.54, 1.807) is 17.0 Å². The molecule has 1 atom stereocenters. The van der Waals surface area contributed by atoms with Crippen LogP contribution in [0.2, 0.25) is 0 Å². The van der Waals surface area contributed by atoms with Gasteiger partial charge in [0.1, 0.15) is 5.75 Å². The van der Waals surface area contributed by atoms with Crippen molar-refractivity contribution in [1.82, 2.24) is 4.90 Å². The topological polar surface area (TPSA) is 66.8 Å². The van der Waals surface area contributed by atoms with E-state index in [1.165, 1.54) is 0 Å². The van der Waals surface area contributed by atoms with E-state index in [-0.39, 0.29) is 19.1 Å². The molecule has 0 unspecified atom stereocenters. The molecule has 1 aromatic carbocycles. The molecule has 5 nitrogen and oxygen atoms in total. The third-order valence-electron chi connectivity index (χ3n) is 3.23. The molecule has 1 aliphatic rings. The minimum absolute atomic E-state index is 0.0453. The van der Waals surface area contributed by atoms with E-state index in [9.17, 15) is 9.59 Å². The van der Waals surface area contributed by atoms with E-state index >= 15 is 0 Å². The van der Waals surface area contributed by atoms with Crippen LogP contribution in [0.4, 0.5) is 0 Å². The number of carboxylic acids is 1. The number of carboxylic acid groups (broad SMARTS) is 1. The number of benzene rings is 1. The first-order chi connectivity index (χ1) is 9.16. The van der Waals surface area contributed by atoms with Gasteiger partial charge in [0.2, 0.25) is 0 Å². The fourth-order valence-electron chi connectivity index (χ4n) is 2.16. The lowest BCUT2D eigenvalue weighted by Gasteiger charge is -2.30. The number of rotatable bonds is 4. The third kappa shape index (κ3) is 3.71. The van der Waals surface area contributed by atoms with Gasteiger partial charge >= 0.3 is 5.97 Å². The molecule has 0 radical (unpaired) electrons. The quantitative estimate of drug-likeness (QED) is 0.891. The van der Waals surface area contributed by atoms with Gasteiger partial charge in [-0.2, -0.15) is 0 Å². The van der Waals surface area contributed by atoms with Crippen LogP contribution in [0, 0.1) is 5.92 Å². The predicted molar refractivity (Wildman–Crippen MR) is 68.9 cm³/mol. The number of nitrogens with zero attached hydrogens (tertiary/aromatic N) is 1. The van der Waals surface area contributed by atoms with Crippen LogP contribution >= 0.6 is 0 Å². The molecule has 1 saturated heterocycles. The summed E-state index contributed by atoms with van der Waals surface area (Å²) in [5.74, 6) is -0.798. The number of carbonyl (C=O) groups excluding carboxylic acids is 1. The number of hydrogen-bond donors (Lipinski definition) is 1. The minimum atomic E-state index is -0.832. The van der Waals surface area contributed by atoms with Crippen molar-refractivity contribution in [3.05, 3.63) is 30.3 Å². The summed E-state index contributed by atoms with van der Waals surface area (Å²) in [4.78, 5) is 24.5.